The summed E-state index contributed by atoms with van der Waals surface area (Å²) in [5.74, 6) is 0.797. The number of aryl methyl sites for hydroxylation is 2. The van der Waals surface area contributed by atoms with Crippen LogP contribution in [0.25, 0.3) is 21.7 Å². The van der Waals surface area contributed by atoms with E-state index in [2.05, 4.69) is 52.8 Å². The van der Waals surface area contributed by atoms with Gasteiger partial charge in [0.05, 0.1) is 24.5 Å². The number of benzene rings is 3. The van der Waals surface area contributed by atoms with Crippen molar-refractivity contribution < 1.29 is 4.74 Å². The number of ether oxygens (including phenoxy) is 1. The van der Waals surface area contributed by atoms with E-state index < -0.39 is 0 Å². The third-order valence-electron chi connectivity index (χ3n) is 4.70. The van der Waals surface area contributed by atoms with Gasteiger partial charge in [-0.1, -0.05) is 48.5 Å². The third kappa shape index (κ3) is 3.22. The lowest BCUT2D eigenvalue weighted by Crippen LogP contribution is -1.97. The van der Waals surface area contributed by atoms with E-state index >= 15 is 0 Å². The van der Waals surface area contributed by atoms with Crippen LogP contribution >= 0.6 is 0 Å². The van der Waals surface area contributed by atoms with Crippen LogP contribution < -0.4 is 10.2 Å². The molecule has 0 saturated carbocycles. The van der Waals surface area contributed by atoms with Crippen molar-refractivity contribution in [3.8, 4) is 5.75 Å². The molecule has 0 radical (unpaired) electrons. The minimum atomic E-state index is 0.797. The number of anilines is 1. The lowest BCUT2D eigenvalue weighted by atomic mass is 10.0. The molecule has 4 rings (SSSR count). The fraction of sp³-hybridized carbons (Fsp3) is 0.130. The highest BCUT2D eigenvalue weighted by Crippen LogP contribution is 2.28. The SMILES string of the molecule is COc1ccc2ccccc2c1/C=N/Nc1cc(C)nc2c(C)cccc12. The summed E-state index contributed by atoms with van der Waals surface area (Å²) < 4.78 is 5.53. The molecule has 4 aromatic rings. The quantitative estimate of drug-likeness (QED) is 0.390. The van der Waals surface area contributed by atoms with Crippen LogP contribution in [0.5, 0.6) is 5.75 Å². The van der Waals surface area contributed by atoms with Gasteiger partial charge in [-0.05, 0) is 42.3 Å². The van der Waals surface area contributed by atoms with Gasteiger partial charge >= 0.3 is 0 Å². The van der Waals surface area contributed by atoms with Gasteiger partial charge < -0.3 is 4.74 Å². The average molecular weight is 355 g/mol. The Bertz CT molecular complexity index is 1170. The van der Waals surface area contributed by atoms with Crippen LogP contribution in [-0.2, 0) is 0 Å². The zero-order valence-corrected chi connectivity index (χ0v) is 15.7. The molecular formula is C23H21N3O. The predicted octanol–water partition coefficient (Wildman–Crippen LogP) is 5.46. The van der Waals surface area contributed by atoms with Gasteiger partial charge in [-0.25, -0.2) is 0 Å². The second-order valence-corrected chi connectivity index (χ2v) is 6.55. The highest BCUT2D eigenvalue weighted by atomic mass is 16.5. The van der Waals surface area contributed by atoms with Gasteiger partial charge in [-0.15, -0.1) is 0 Å². The molecule has 0 unspecified atom stereocenters. The summed E-state index contributed by atoms with van der Waals surface area (Å²) in [5.41, 5.74) is 8.19. The summed E-state index contributed by atoms with van der Waals surface area (Å²) in [7, 11) is 1.68. The maximum Gasteiger partial charge on any atom is 0.128 e. The van der Waals surface area contributed by atoms with Gasteiger partial charge in [0.15, 0.2) is 0 Å². The highest BCUT2D eigenvalue weighted by Gasteiger charge is 2.07. The maximum absolute atomic E-state index is 5.53. The van der Waals surface area contributed by atoms with E-state index in [9.17, 15) is 0 Å². The standard InChI is InChI=1S/C23H21N3O/c1-15-7-6-10-19-21(13-16(2)25-23(15)19)26-24-14-20-18-9-5-4-8-17(18)11-12-22(20)27-3/h4-14H,1-3H3,(H,25,26)/b24-14+. The second kappa shape index (κ2) is 7.08. The summed E-state index contributed by atoms with van der Waals surface area (Å²) >= 11 is 0. The van der Waals surface area contributed by atoms with E-state index in [1.807, 2.05) is 43.5 Å². The number of fused-ring (bicyclic) bond motifs is 2. The Morgan fingerprint density at radius 1 is 0.963 bits per heavy atom. The molecule has 4 heteroatoms. The first-order valence-electron chi connectivity index (χ1n) is 8.89. The second-order valence-electron chi connectivity index (χ2n) is 6.55. The van der Waals surface area contributed by atoms with Crippen LogP contribution in [0.4, 0.5) is 5.69 Å². The molecule has 0 aliphatic heterocycles. The number of pyridine rings is 1. The average Bonchev–Trinajstić information content (AvgIpc) is 2.68. The zero-order chi connectivity index (χ0) is 18.8. The number of aromatic nitrogens is 1. The van der Waals surface area contributed by atoms with Crippen LogP contribution in [-0.4, -0.2) is 18.3 Å². The first kappa shape index (κ1) is 17.0. The summed E-state index contributed by atoms with van der Waals surface area (Å²) in [6.07, 6.45) is 1.82. The van der Waals surface area contributed by atoms with Gasteiger partial charge in [-0.2, -0.15) is 5.10 Å². The van der Waals surface area contributed by atoms with Crippen LogP contribution in [0.1, 0.15) is 16.8 Å². The Morgan fingerprint density at radius 3 is 2.63 bits per heavy atom. The third-order valence-corrected chi connectivity index (χ3v) is 4.70. The fourth-order valence-electron chi connectivity index (χ4n) is 3.37. The molecule has 0 saturated heterocycles. The minimum Gasteiger partial charge on any atom is -0.496 e. The Kier molecular flexibility index (Phi) is 4.47. The Labute approximate surface area is 158 Å². The van der Waals surface area contributed by atoms with Crippen LogP contribution in [0.15, 0.2) is 65.8 Å². The molecule has 4 nitrogen and oxygen atoms in total. The molecule has 0 amide bonds. The van der Waals surface area contributed by atoms with Crippen molar-refractivity contribution in [3.63, 3.8) is 0 Å². The van der Waals surface area contributed by atoms with Gasteiger partial charge in [0, 0.05) is 16.6 Å². The smallest absolute Gasteiger partial charge is 0.128 e. The number of rotatable bonds is 4. The molecule has 27 heavy (non-hydrogen) atoms. The van der Waals surface area contributed by atoms with Gasteiger partial charge in [0.1, 0.15) is 5.75 Å². The van der Waals surface area contributed by atoms with E-state index in [1.165, 1.54) is 0 Å². The largest absolute Gasteiger partial charge is 0.496 e. The van der Waals surface area contributed by atoms with Crippen molar-refractivity contribution in [2.45, 2.75) is 13.8 Å². The monoisotopic (exact) mass is 355 g/mol. The Morgan fingerprint density at radius 2 is 1.78 bits per heavy atom. The number of nitrogens with one attached hydrogen (secondary N) is 1. The topological polar surface area (TPSA) is 46.5 Å². The van der Waals surface area contributed by atoms with Crippen LogP contribution in [0, 0.1) is 13.8 Å². The molecule has 3 aromatic carbocycles. The number of methoxy groups -OCH3 is 1. The Balaban J connectivity index is 1.75. The summed E-state index contributed by atoms with van der Waals surface area (Å²) in [5, 5.41) is 7.83. The van der Waals surface area contributed by atoms with E-state index in [0.29, 0.717) is 0 Å². The molecule has 1 N–H and O–H groups in total. The fourth-order valence-corrected chi connectivity index (χ4v) is 3.37. The van der Waals surface area contributed by atoms with Gasteiger partial charge in [0.2, 0.25) is 0 Å². The molecule has 1 aromatic heterocycles. The number of hydrogen-bond acceptors (Lipinski definition) is 4. The first-order chi connectivity index (χ1) is 13.2. The normalized spacial score (nSPS) is 11.4. The highest BCUT2D eigenvalue weighted by molar-refractivity contribution is 6.03. The first-order valence-corrected chi connectivity index (χ1v) is 8.89. The number of hydrazone groups is 1. The lowest BCUT2D eigenvalue weighted by Gasteiger charge is -2.10. The Hall–Kier alpha value is -3.40. The number of nitrogens with zero attached hydrogens (tertiary/aromatic N) is 2. The summed E-state index contributed by atoms with van der Waals surface area (Å²) in [4.78, 5) is 4.66. The van der Waals surface area contributed by atoms with Crippen LogP contribution in [0.3, 0.4) is 0 Å². The molecule has 0 bridgehead atoms. The van der Waals surface area contributed by atoms with Crippen molar-refractivity contribution in [1.82, 2.24) is 4.98 Å². The molecule has 0 atom stereocenters. The number of hydrogen-bond donors (Lipinski definition) is 1. The molecule has 0 spiro atoms. The molecule has 1 heterocycles. The molecule has 134 valence electrons. The van der Waals surface area contributed by atoms with E-state index in [4.69, 9.17) is 4.74 Å². The molecule has 0 aliphatic carbocycles. The van der Waals surface area contributed by atoms with E-state index in [-0.39, 0.29) is 0 Å². The van der Waals surface area contributed by atoms with Crippen molar-refractivity contribution in [1.29, 1.82) is 0 Å². The van der Waals surface area contributed by atoms with Crippen molar-refractivity contribution in [3.05, 3.63) is 77.5 Å². The van der Waals surface area contributed by atoms with Gasteiger partial charge in [0.25, 0.3) is 0 Å². The number of para-hydroxylation sites is 1. The molecular weight excluding hydrogens is 334 g/mol. The lowest BCUT2D eigenvalue weighted by molar-refractivity contribution is 0.415. The minimum absolute atomic E-state index is 0.797. The summed E-state index contributed by atoms with van der Waals surface area (Å²) in [6.45, 7) is 4.07. The van der Waals surface area contributed by atoms with Crippen LogP contribution in [0.2, 0.25) is 0 Å². The van der Waals surface area contributed by atoms with E-state index in [1.54, 1.807) is 7.11 Å². The van der Waals surface area contributed by atoms with Gasteiger partial charge in [-0.3, -0.25) is 10.4 Å². The van der Waals surface area contributed by atoms with Crippen molar-refractivity contribution >= 4 is 33.6 Å². The zero-order valence-electron chi connectivity index (χ0n) is 15.7. The maximum atomic E-state index is 5.53. The molecule has 0 fully saturated rings. The summed E-state index contributed by atoms with van der Waals surface area (Å²) in [6, 6.07) is 20.4. The molecule has 0 aliphatic rings. The van der Waals surface area contributed by atoms with E-state index in [0.717, 1.165) is 49.9 Å². The van der Waals surface area contributed by atoms with Crippen molar-refractivity contribution in [2.24, 2.45) is 5.10 Å². The predicted molar refractivity (Wildman–Crippen MR) is 113 cm³/mol. The van der Waals surface area contributed by atoms with Crippen molar-refractivity contribution in [2.75, 3.05) is 12.5 Å².